The highest BCUT2D eigenvalue weighted by Gasteiger charge is 2.04. The van der Waals surface area contributed by atoms with Crippen LogP contribution in [0.2, 0.25) is 0 Å². The molecule has 20 heavy (non-hydrogen) atoms. The van der Waals surface area contributed by atoms with Crippen molar-refractivity contribution in [3.63, 3.8) is 0 Å². The third kappa shape index (κ3) is 3.81. The zero-order valence-corrected chi connectivity index (χ0v) is 12.5. The molecule has 0 spiro atoms. The number of nitrogens with one attached hydrogen (secondary N) is 1. The lowest BCUT2D eigenvalue weighted by molar-refractivity contribution is 0.795. The average Bonchev–Trinajstić information content (AvgIpc) is 2.47. The molecule has 0 aliphatic carbocycles. The van der Waals surface area contributed by atoms with Crippen LogP contribution >= 0.6 is 12.2 Å². The van der Waals surface area contributed by atoms with Gasteiger partial charge in [0.05, 0.1) is 0 Å². The molecule has 0 radical (unpaired) electrons. The maximum Gasteiger partial charge on any atom is 0.106 e. The second-order valence-corrected chi connectivity index (χ2v) is 5.28. The minimum absolute atomic E-state index is 0.410. The van der Waals surface area contributed by atoms with Crippen LogP contribution in [0.15, 0.2) is 48.5 Å². The molecule has 3 heteroatoms. The summed E-state index contributed by atoms with van der Waals surface area (Å²) in [6, 6.07) is 16.4. The molecule has 0 saturated carbocycles. The van der Waals surface area contributed by atoms with E-state index in [1.807, 2.05) is 24.3 Å². The Morgan fingerprint density at radius 3 is 2.45 bits per heavy atom. The number of nitrogens with two attached hydrogens (primary N) is 1. The van der Waals surface area contributed by atoms with Crippen molar-refractivity contribution in [2.45, 2.75) is 26.2 Å². The van der Waals surface area contributed by atoms with Gasteiger partial charge in [-0.2, -0.15) is 0 Å². The molecule has 2 aromatic rings. The molecule has 3 N–H and O–H groups in total. The molecule has 0 atom stereocenters. The minimum atomic E-state index is 0.410. The zero-order valence-electron chi connectivity index (χ0n) is 11.7. The lowest BCUT2D eigenvalue weighted by Crippen LogP contribution is -2.11. The summed E-state index contributed by atoms with van der Waals surface area (Å²) in [6.45, 7) is 2.21. The van der Waals surface area contributed by atoms with Gasteiger partial charge >= 0.3 is 0 Å². The summed E-state index contributed by atoms with van der Waals surface area (Å²) in [5.41, 5.74) is 9.98. The van der Waals surface area contributed by atoms with Crippen LogP contribution in [0.3, 0.4) is 0 Å². The fourth-order valence-corrected chi connectivity index (χ4v) is 2.28. The van der Waals surface area contributed by atoms with E-state index in [1.165, 1.54) is 18.4 Å². The van der Waals surface area contributed by atoms with E-state index >= 15 is 0 Å². The summed E-state index contributed by atoms with van der Waals surface area (Å²) in [6.07, 6.45) is 3.60. The fourth-order valence-electron chi connectivity index (χ4n) is 2.10. The first-order valence-electron chi connectivity index (χ1n) is 6.95. The smallest absolute Gasteiger partial charge is 0.106 e. The summed E-state index contributed by atoms with van der Waals surface area (Å²) < 4.78 is 0. The molecule has 0 bridgehead atoms. The molecule has 0 saturated heterocycles. The lowest BCUT2D eigenvalue weighted by atomic mass is 10.1. The van der Waals surface area contributed by atoms with Gasteiger partial charge in [0.15, 0.2) is 0 Å². The lowest BCUT2D eigenvalue weighted by Gasteiger charge is -2.11. The molecule has 0 aliphatic heterocycles. The van der Waals surface area contributed by atoms with Crippen LogP contribution < -0.4 is 11.1 Å². The number of unbranched alkanes of at least 4 members (excludes halogenated alkanes) is 1. The van der Waals surface area contributed by atoms with Crippen LogP contribution in [0.5, 0.6) is 0 Å². The topological polar surface area (TPSA) is 38.0 Å². The molecule has 0 aliphatic rings. The molecule has 2 nitrogen and oxygen atoms in total. The highest BCUT2D eigenvalue weighted by molar-refractivity contribution is 7.80. The Labute approximate surface area is 126 Å². The van der Waals surface area contributed by atoms with E-state index in [0.717, 1.165) is 23.4 Å². The second kappa shape index (κ2) is 7.06. The van der Waals surface area contributed by atoms with Gasteiger partial charge < -0.3 is 11.1 Å². The maximum absolute atomic E-state index is 5.74. The van der Waals surface area contributed by atoms with Crippen molar-refractivity contribution < 1.29 is 0 Å². The van der Waals surface area contributed by atoms with E-state index < -0.39 is 0 Å². The highest BCUT2D eigenvalue weighted by atomic mass is 32.1. The standard InChI is InChI=1S/C17H20N2S/c1-2-3-6-13-9-11-14(12-10-13)19-16-8-5-4-7-15(16)17(18)20/h4-5,7-12,19H,2-3,6H2,1H3,(H2,18,20). The number of anilines is 2. The van der Waals surface area contributed by atoms with E-state index in [0.29, 0.717) is 4.99 Å². The molecule has 0 unspecified atom stereocenters. The summed E-state index contributed by atoms with van der Waals surface area (Å²) in [5, 5.41) is 3.37. The Hall–Kier alpha value is -1.87. The van der Waals surface area contributed by atoms with Gasteiger partial charge in [-0.05, 0) is 42.7 Å². The molecule has 2 rings (SSSR count). The first-order chi connectivity index (χ1) is 9.70. The van der Waals surface area contributed by atoms with Crippen molar-refractivity contribution in [1.29, 1.82) is 0 Å². The first-order valence-corrected chi connectivity index (χ1v) is 7.36. The van der Waals surface area contributed by atoms with E-state index in [4.69, 9.17) is 18.0 Å². The SMILES string of the molecule is CCCCc1ccc(Nc2ccccc2C(N)=S)cc1. The van der Waals surface area contributed by atoms with Gasteiger partial charge in [-0.15, -0.1) is 0 Å². The van der Waals surface area contributed by atoms with Crippen molar-refractivity contribution in [2.75, 3.05) is 5.32 Å². The van der Waals surface area contributed by atoms with E-state index in [9.17, 15) is 0 Å². The maximum atomic E-state index is 5.74. The number of para-hydroxylation sites is 1. The molecule has 2 aromatic carbocycles. The Morgan fingerprint density at radius 1 is 1.10 bits per heavy atom. The van der Waals surface area contributed by atoms with Crippen LogP contribution in [0.4, 0.5) is 11.4 Å². The fraction of sp³-hybridized carbons (Fsp3) is 0.235. The number of thiocarbonyl (C=S) groups is 1. The summed E-state index contributed by atoms with van der Waals surface area (Å²) in [4.78, 5) is 0.410. The van der Waals surface area contributed by atoms with Crippen LogP contribution in [-0.4, -0.2) is 4.99 Å². The van der Waals surface area contributed by atoms with Gasteiger partial charge in [-0.1, -0.05) is 49.8 Å². The quantitative estimate of drug-likeness (QED) is 0.772. The van der Waals surface area contributed by atoms with Gasteiger partial charge in [0.2, 0.25) is 0 Å². The molecular formula is C17H20N2S. The predicted octanol–water partition coefficient (Wildman–Crippen LogP) is 4.41. The van der Waals surface area contributed by atoms with Crippen molar-refractivity contribution in [3.05, 3.63) is 59.7 Å². The molecule has 0 aromatic heterocycles. The average molecular weight is 284 g/mol. The summed E-state index contributed by atoms with van der Waals surface area (Å²) in [5.74, 6) is 0. The molecular weight excluding hydrogens is 264 g/mol. The van der Waals surface area contributed by atoms with Gasteiger partial charge in [-0.25, -0.2) is 0 Å². The molecule has 0 amide bonds. The van der Waals surface area contributed by atoms with Crippen LogP contribution in [0.25, 0.3) is 0 Å². The number of benzene rings is 2. The van der Waals surface area contributed by atoms with Crippen LogP contribution in [0, 0.1) is 0 Å². The molecule has 104 valence electrons. The van der Waals surface area contributed by atoms with Gasteiger partial charge in [0.25, 0.3) is 0 Å². The zero-order chi connectivity index (χ0) is 14.4. The van der Waals surface area contributed by atoms with E-state index in [1.54, 1.807) is 0 Å². The summed E-state index contributed by atoms with van der Waals surface area (Å²) in [7, 11) is 0. The number of rotatable bonds is 6. The Kier molecular flexibility index (Phi) is 5.13. The number of hydrogen-bond donors (Lipinski definition) is 2. The second-order valence-electron chi connectivity index (χ2n) is 4.84. The van der Waals surface area contributed by atoms with E-state index in [-0.39, 0.29) is 0 Å². The normalized spacial score (nSPS) is 10.2. The van der Waals surface area contributed by atoms with Crippen molar-refractivity contribution >= 4 is 28.6 Å². The third-order valence-electron chi connectivity index (χ3n) is 3.24. The predicted molar refractivity (Wildman–Crippen MR) is 90.7 cm³/mol. The monoisotopic (exact) mass is 284 g/mol. The number of aryl methyl sites for hydroxylation is 1. The first kappa shape index (κ1) is 14.5. The van der Waals surface area contributed by atoms with Crippen LogP contribution in [0.1, 0.15) is 30.9 Å². The van der Waals surface area contributed by atoms with Gasteiger partial charge in [-0.3, -0.25) is 0 Å². The molecule has 0 heterocycles. The van der Waals surface area contributed by atoms with Crippen molar-refractivity contribution in [2.24, 2.45) is 5.73 Å². The Morgan fingerprint density at radius 2 is 1.80 bits per heavy atom. The highest BCUT2D eigenvalue weighted by Crippen LogP contribution is 2.21. The minimum Gasteiger partial charge on any atom is -0.389 e. The van der Waals surface area contributed by atoms with Gasteiger partial charge in [0, 0.05) is 16.9 Å². The largest absolute Gasteiger partial charge is 0.389 e. The third-order valence-corrected chi connectivity index (χ3v) is 3.46. The van der Waals surface area contributed by atoms with E-state index in [2.05, 4.69) is 36.5 Å². The van der Waals surface area contributed by atoms with Crippen LogP contribution in [-0.2, 0) is 6.42 Å². The van der Waals surface area contributed by atoms with Gasteiger partial charge in [0.1, 0.15) is 4.99 Å². The van der Waals surface area contributed by atoms with Crippen molar-refractivity contribution in [3.8, 4) is 0 Å². The Balaban J connectivity index is 2.12. The molecule has 0 fully saturated rings. The number of hydrogen-bond acceptors (Lipinski definition) is 2. The summed E-state index contributed by atoms with van der Waals surface area (Å²) >= 11 is 5.07. The Bertz CT molecular complexity index is 576. The van der Waals surface area contributed by atoms with Crippen molar-refractivity contribution in [1.82, 2.24) is 0 Å².